The minimum absolute atomic E-state index is 0.0842. The lowest BCUT2D eigenvalue weighted by Gasteiger charge is -2.12. The molecule has 172 valence electrons. The molecule has 10 heteroatoms. The Balaban J connectivity index is 1.68. The smallest absolute Gasteiger partial charge is 0.339 e. The fourth-order valence-electron chi connectivity index (χ4n) is 3.55. The Morgan fingerprint density at radius 2 is 1.82 bits per heavy atom. The molecule has 1 aliphatic heterocycles. The number of carbonyl (C=O) groups excluding carboxylic acids is 1. The summed E-state index contributed by atoms with van der Waals surface area (Å²) in [4.78, 5) is 35.3. The lowest BCUT2D eigenvalue weighted by molar-refractivity contribution is -0.384. The van der Waals surface area contributed by atoms with Crippen LogP contribution in [0.1, 0.15) is 34.2 Å². The summed E-state index contributed by atoms with van der Waals surface area (Å²) in [6.45, 7) is 5.25. The van der Waals surface area contributed by atoms with Crippen LogP contribution in [0.15, 0.2) is 57.6 Å². The van der Waals surface area contributed by atoms with Gasteiger partial charge in [-0.25, -0.2) is 4.79 Å². The maximum Gasteiger partial charge on any atom is 0.339 e. The number of nitro benzene ring substituents is 1. The molecule has 10 nitrogen and oxygen atoms in total. The van der Waals surface area contributed by atoms with Gasteiger partial charge in [-0.3, -0.25) is 14.9 Å². The van der Waals surface area contributed by atoms with E-state index in [4.69, 9.17) is 4.42 Å². The number of amides is 1. The summed E-state index contributed by atoms with van der Waals surface area (Å²) >= 11 is 0. The molecular weight excluding hydrogens is 442 g/mol. The second kappa shape index (κ2) is 8.32. The van der Waals surface area contributed by atoms with Gasteiger partial charge in [0.1, 0.15) is 22.8 Å². The van der Waals surface area contributed by atoms with E-state index >= 15 is 0 Å². The van der Waals surface area contributed by atoms with Gasteiger partial charge < -0.3 is 14.6 Å². The van der Waals surface area contributed by atoms with Crippen molar-refractivity contribution < 1.29 is 29.1 Å². The molecule has 1 aliphatic rings. The minimum atomic E-state index is -1.34. The van der Waals surface area contributed by atoms with Crippen molar-refractivity contribution in [1.29, 1.82) is 0 Å². The zero-order valence-electron chi connectivity index (χ0n) is 18.4. The second-order valence-electron chi connectivity index (χ2n) is 7.78. The van der Waals surface area contributed by atoms with Crippen LogP contribution in [0.5, 0.6) is 5.75 Å². The molecule has 0 unspecified atom stereocenters. The molecule has 0 radical (unpaired) electrons. The van der Waals surface area contributed by atoms with Crippen LogP contribution in [-0.2, 0) is 4.79 Å². The van der Waals surface area contributed by atoms with E-state index in [0.717, 1.165) is 22.2 Å². The lowest BCUT2D eigenvalue weighted by Crippen LogP contribution is -2.21. The van der Waals surface area contributed by atoms with Gasteiger partial charge in [0.25, 0.3) is 11.6 Å². The number of carbonyl (C=O) groups is 2. The van der Waals surface area contributed by atoms with E-state index in [1.54, 1.807) is 32.0 Å². The van der Waals surface area contributed by atoms with Crippen LogP contribution in [0.4, 0.5) is 11.4 Å². The molecule has 2 N–H and O–H groups in total. The number of hydrogen-bond donors (Lipinski definition) is 2. The summed E-state index contributed by atoms with van der Waals surface area (Å²) in [5.74, 6) is -1.72. The van der Waals surface area contributed by atoms with Crippen molar-refractivity contribution in [3.05, 3.63) is 80.6 Å². The number of phenols is 1. The average molecular weight is 461 g/mol. The van der Waals surface area contributed by atoms with Gasteiger partial charge in [0.2, 0.25) is 0 Å². The van der Waals surface area contributed by atoms with Crippen LogP contribution in [0.2, 0.25) is 0 Å². The van der Waals surface area contributed by atoms with E-state index in [2.05, 4.69) is 5.10 Å². The Labute approximate surface area is 193 Å². The summed E-state index contributed by atoms with van der Waals surface area (Å²) in [5.41, 5.74) is 2.29. The number of aryl methyl sites for hydroxylation is 2. The standard InChI is InChI=1S/C24H19N3O7/c1-12-8-18(20(27(32)33)9-13(12)2)22-7-5-16(34-22)11-17-14(3)25-26(23(17)29)15-4-6-21(28)19(10-15)24(30)31/h4-11,28H,1-3H3,(H,30,31)/b17-11-. The van der Waals surface area contributed by atoms with Crippen LogP contribution >= 0.6 is 0 Å². The Kier molecular flexibility index (Phi) is 5.50. The van der Waals surface area contributed by atoms with Crippen LogP contribution in [0.25, 0.3) is 17.4 Å². The van der Waals surface area contributed by atoms with Gasteiger partial charge in [0.15, 0.2) is 0 Å². The van der Waals surface area contributed by atoms with Crippen molar-refractivity contribution in [1.82, 2.24) is 0 Å². The number of furan rings is 1. The molecule has 0 saturated carbocycles. The molecule has 34 heavy (non-hydrogen) atoms. The number of hydrogen-bond acceptors (Lipinski definition) is 7. The number of carboxylic acid groups (broad SMARTS) is 1. The van der Waals surface area contributed by atoms with Crippen molar-refractivity contribution in [3.8, 4) is 17.1 Å². The SMILES string of the molecule is CC1=NN(c2ccc(O)c(C(=O)O)c2)C(=O)/C1=C\c1ccc(-c2cc(C)c(C)cc2[N+](=O)[O-])o1. The monoisotopic (exact) mass is 461 g/mol. The van der Waals surface area contributed by atoms with Crippen LogP contribution in [-0.4, -0.2) is 32.7 Å². The van der Waals surface area contributed by atoms with Crippen molar-refractivity contribution in [3.63, 3.8) is 0 Å². The van der Waals surface area contributed by atoms with Crippen molar-refractivity contribution in [2.45, 2.75) is 20.8 Å². The Morgan fingerprint density at radius 3 is 2.50 bits per heavy atom. The highest BCUT2D eigenvalue weighted by Gasteiger charge is 2.30. The summed E-state index contributed by atoms with van der Waals surface area (Å²) < 4.78 is 5.80. The second-order valence-corrected chi connectivity index (χ2v) is 7.78. The summed E-state index contributed by atoms with van der Waals surface area (Å²) in [6.07, 6.45) is 1.47. The normalized spacial score (nSPS) is 14.6. The molecule has 1 amide bonds. The third-order valence-electron chi connectivity index (χ3n) is 5.51. The molecule has 0 saturated heterocycles. The minimum Gasteiger partial charge on any atom is -0.507 e. The number of nitrogens with zero attached hydrogens (tertiary/aromatic N) is 3. The highest BCUT2D eigenvalue weighted by atomic mass is 16.6. The highest BCUT2D eigenvalue weighted by Crippen LogP contribution is 2.35. The van der Waals surface area contributed by atoms with E-state index in [1.165, 1.54) is 24.3 Å². The lowest BCUT2D eigenvalue weighted by atomic mass is 10.0. The first-order valence-corrected chi connectivity index (χ1v) is 10.1. The number of benzene rings is 2. The Bertz CT molecular complexity index is 1430. The maximum atomic E-state index is 13.0. The van der Waals surface area contributed by atoms with Crippen molar-refractivity contribution in [2.75, 3.05) is 5.01 Å². The predicted molar refractivity (Wildman–Crippen MR) is 124 cm³/mol. The first-order chi connectivity index (χ1) is 16.1. The Hall–Kier alpha value is -4.73. The van der Waals surface area contributed by atoms with Gasteiger partial charge in [0, 0.05) is 6.07 Å². The molecule has 0 spiro atoms. The number of nitro groups is 1. The van der Waals surface area contributed by atoms with Gasteiger partial charge in [-0.2, -0.15) is 10.1 Å². The maximum absolute atomic E-state index is 13.0. The first kappa shape index (κ1) is 22.5. The predicted octanol–water partition coefficient (Wildman–Crippen LogP) is 4.68. The highest BCUT2D eigenvalue weighted by molar-refractivity contribution is 6.32. The van der Waals surface area contributed by atoms with Crippen molar-refractivity contribution in [2.24, 2.45) is 5.10 Å². The number of aromatic hydroxyl groups is 1. The number of rotatable bonds is 5. The molecular formula is C24H19N3O7. The molecule has 2 aromatic carbocycles. The first-order valence-electron chi connectivity index (χ1n) is 10.1. The molecule has 2 heterocycles. The molecule has 3 aromatic rings. The van der Waals surface area contributed by atoms with Crippen LogP contribution in [0.3, 0.4) is 0 Å². The summed E-state index contributed by atoms with van der Waals surface area (Å²) in [5, 5.41) is 35.7. The van der Waals surface area contributed by atoms with Gasteiger partial charge >= 0.3 is 5.97 Å². The van der Waals surface area contributed by atoms with Crippen LogP contribution < -0.4 is 5.01 Å². The average Bonchev–Trinajstić information content (AvgIpc) is 3.35. The van der Waals surface area contributed by atoms with Gasteiger partial charge in [-0.15, -0.1) is 0 Å². The fourth-order valence-corrected chi connectivity index (χ4v) is 3.55. The zero-order chi connectivity index (χ0) is 24.7. The van der Waals surface area contributed by atoms with Crippen LogP contribution in [0, 0.1) is 24.0 Å². The molecule has 0 bridgehead atoms. The topological polar surface area (TPSA) is 146 Å². The molecule has 0 atom stereocenters. The largest absolute Gasteiger partial charge is 0.507 e. The van der Waals surface area contributed by atoms with E-state index in [1.807, 2.05) is 6.92 Å². The number of anilines is 1. The molecule has 0 aliphatic carbocycles. The number of carboxylic acids is 1. The van der Waals surface area contributed by atoms with E-state index in [9.17, 15) is 29.9 Å². The van der Waals surface area contributed by atoms with Gasteiger partial charge in [-0.1, -0.05) is 0 Å². The van der Waals surface area contributed by atoms with Gasteiger partial charge in [0.05, 0.1) is 27.5 Å². The summed E-state index contributed by atoms with van der Waals surface area (Å²) in [6, 6.07) is 10.1. The third-order valence-corrected chi connectivity index (χ3v) is 5.51. The van der Waals surface area contributed by atoms with Gasteiger partial charge in [-0.05, 0) is 74.4 Å². The molecule has 4 rings (SSSR count). The summed E-state index contributed by atoms with van der Waals surface area (Å²) in [7, 11) is 0. The quantitative estimate of drug-likeness (QED) is 0.318. The van der Waals surface area contributed by atoms with E-state index < -0.39 is 22.5 Å². The van der Waals surface area contributed by atoms with Crippen molar-refractivity contribution >= 4 is 35.0 Å². The Morgan fingerprint density at radius 1 is 1.12 bits per heavy atom. The zero-order valence-corrected chi connectivity index (χ0v) is 18.4. The number of hydrazone groups is 1. The molecule has 1 aromatic heterocycles. The third kappa shape index (κ3) is 3.92. The number of aromatic carboxylic acids is 1. The molecule has 0 fully saturated rings. The van der Waals surface area contributed by atoms with E-state index in [0.29, 0.717) is 17.0 Å². The fraction of sp³-hybridized carbons (Fsp3) is 0.125. The van der Waals surface area contributed by atoms with E-state index in [-0.39, 0.29) is 28.3 Å².